The highest BCUT2D eigenvalue weighted by Gasteiger charge is 2.27. The molecule has 0 radical (unpaired) electrons. The molecule has 0 aliphatic carbocycles. The number of ether oxygens (including phenoxy) is 1. The molecule has 0 unspecified atom stereocenters. The molecule has 6 nitrogen and oxygen atoms in total. The largest absolute Gasteiger partial charge is 0.456 e. The van der Waals surface area contributed by atoms with Crippen molar-refractivity contribution in [3.8, 4) is 5.75 Å². The Hall–Kier alpha value is -4.07. The molecule has 0 bridgehead atoms. The molecule has 1 aliphatic rings. The monoisotopic (exact) mass is 567 g/mol. The summed E-state index contributed by atoms with van der Waals surface area (Å²) in [4.78, 5) is 2.21. The van der Waals surface area contributed by atoms with Gasteiger partial charge in [-0.05, 0) is 78.6 Å². The van der Waals surface area contributed by atoms with E-state index < -0.39 is 10.1 Å². The van der Waals surface area contributed by atoms with Crippen LogP contribution >= 0.6 is 0 Å². The number of anilines is 1. The minimum Gasteiger partial charge on any atom is -0.456 e. The molecular formula is C34H33NO5S. The molecule has 2 heterocycles. The average molecular weight is 568 g/mol. The zero-order chi connectivity index (χ0) is 28.6. The van der Waals surface area contributed by atoms with Gasteiger partial charge in [-0.1, -0.05) is 61.5 Å². The fourth-order valence-electron chi connectivity index (χ4n) is 5.68. The summed E-state index contributed by atoms with van der Waals surface area (Å²) in [6.07, 6.45) is 6.55. The summed E-state index contributed by atoms with van der Waals surface area (Å²) in [6.45, 7) is 5.00. The number of benzene rings is 4. The van der Waals surface area contributed by atoms with E-state index in [1.165, 1.54) is 5.39 Å². The van der Waals surface area contributed by atoms with Gasteiger partial charge in [-0.3, -0.25) is 4.55 Å². The molecule has 0 saturated heterocycles. The number of fused-ring (bicyclic) bond motifs is 5. The molecule has 0 fully saturated rings. The topological polar surface area (TPSA) is 80.0 Å². The Labute approximate surface area is 240 Å². The van der Waals surface area contributed by atoms with Crippen LogP contribution in [0.15, 0.2) is 94.7 Å². The second-order valence-electron chi connectivity index (χ2n) is 10.4. The number of allylic oxidation sites excluding steroid dienone is 2. The molecule has 1 aliphatic heterocycles. The molecule has 210 valence electrons. The first kappa shape index (κ1) is 27.1. The number of unbranched alkanes of at least 4 members (excludes halogenated alkanes) is 1. The molecule has 1 aromatic heterocycles. The van der Waals surface area contributed by atoms with Gasteiger partial charge in [0.2, 0.25) is 5.88 Å². The van der Waals surface area contributed by atoms with Gasteiger partial charge in [0.05, 0.1) is 11.4 Å². The van der Waals surface area contributed by atoms with Crippen LogP contribution in [-0.2, 0) is 16.5 Å². The molecule has 4 aromatic carbocycles. The number of furan rings is 1. The van der Waals surface area contributed by atoms with E-state index in [9.17, 15) is 13.0 Å². The summed E-state index contributed by atoms with van der Waals surface area (Å²) in [5.41, 5.74) is 3.98. The van der Waals surface area contributed by atoms with Crippen LogP contribution in [0.25, 0.3) is 38.6 Å². The van der Waals surface area contributed by atoms with Crippen LogP contribution in [0, 0.1) is 0 Å². The second-order valence-corrected chi connectivity index (χ2v) is 12.0. The molecule has 6 rings (SSSR count). The zero-order valence-corrected chi connectivity index (χ0v) is 24.1. The van der Waals surface area contributed by atoms with Crippen molar-refractivity contribution in [1.82, 2.24) is 0 Å². The van der Waals surface area contributed by atoms with Crippen molar-refractivity contribution >= 4 is 54.4 Å². The number of hydrogen-bond acceptors (Lipinski definition) is 5. The van der Waals surface area contributed by atoms with E-state index in [0.717, 1.165) is 74.3 Å². The summed E-state index contributed by atoms with van der Waals surface area (Å²) in [6, 6.07) is 24.9. The lowest BCUT2D eigenvalue weighted by atomic mass is 10.0. The van der Waals surface area contributed by atoms with Crippen LogP contribution in [0.4, 0.5) is 5.69 Å². The summed E-state index contributed by atoms with van der Waals surface area (Å²) in [7, 11) is -3.99. The van der Waals surface area contributed by atoms with Crippen molar-refractivity contribution in [1.29, 1.82) is 0 Å². The highest BCUT2D eigenvalue weighted by molar-refractivity contribution is 7.85. The van der Waals surface area contributed by atoms with E-state index in [2.05, 4.69) is 79.4 Å². The van der Waals surface area contributed by atoms with Gasteiger partial charge >= 0.3 is 0 Å². The maximum atomic E-state index is 11.3. The zero-order valence-electron chi connectivity index (χ0n) is 23.3. The van der Waals surface area contributed by atoms with Gasteiger partial charge in [0.1, 0.15) is 11.3 Å². The molecule has 1 N–H and O–H groups in total. The van der Waals surface area contributed by atoms with Gasteiger partial charge in [0, 0.05) is 29.0 Å². The standard InChI is InChI=1S/C34H33NO5S/c1-3-23(20-33-35(4-2)34-27-14-8-7-11-24(27)16-17-30(34)40-33)19-31-28(15-9-10-18-41(36,37)38)29-21-25-12-5-6-13-26(25)22-32(29)39-31/h5-8,11-14,16-17,19-22H,3-4,9-10,15,18H2,1-2H3,(H,36,37,38)/b23-19+,33-20-. The van der Waals surface area contributed by atoms with Gasteiger partial charge in [-0.2, -0.15) is 8.42 Å². The Balaban J connectivity index is 1.40. The fraction of sp³-hybridized carbons (Fsp3) is 0.235. The van der Waals surface area contributed by atoms with Gasteiger partial charge in [0.25, 0.3) is 10.1 Å². The highest BCUT2D eigenvalue weighted by Crippen LogP contribution is 2.44. The van der Waals surface area contributed by atoms with Crippen molar-refractivity contribution in [2.24, 2.45) is 0 Å². The van der Waals surface area contributed by atoms with E-state index in [0.29, 0.717) is 19.3 Å². The van der Waals surface area contributed by atoms with Crippen LogP contribution in [0.1, 0.15) is 44.4 Å². The number of rotatable bonds is 9. The fourth-order valence-corrected chi connectivity index (χ4v) is 6.25. The van der Waals surface area contributed by atoms with Gasteiger partial charge in [-0.15, -0.1) is 0 Å². The number of hydrogen-bond donors (Lipinski definition) is 1. The quantitative estimate of drug-likeness (QED) is 0.142. The van der Waals surface area contributed by atoms with Gasteiger partial charge in [0.15, 0.2) is 5.75 Å². The molecule has 7 heteroatoms. The van der Waals surface area contributed by atoms with E-state index in [1.807, 2.05) is 24.3 Å². The van der Waals surface area contributed by atoms with Crippen molar-refractivity contribution in [2.75, 3.05) is 17.2 Å². The maximum Gasteiger partial charge on any atom is 0.264 e. The van der Waals surface area contributed by atoms with Crippen LogP contribution in [0.2, 0.25) is 0 Å². The maximum absolute atomic E-state index is 11.3. The molecule has 0 spiro atoms. The Bertz CT molecular complexity index is 1930. The molecule has 41 heavy (non-hydrogen) atoms. The highest BCUT2D eigenvalue weighted by atomic mass is 32.2. The normalized spacial score (nSPS) is 14.9. The summed E-state index contributed by atoms with van der Waals surface area (Å²) < 4.78 is 44.6. The third kappa shape index (κ3) is 5.47. The van der Waals surface area contributed by atoms with Gasteiger partial charge < -0.3 is 14.1 Å². The second kappa shape index (κ2) is 11.1. The van der Waals surface area contributed by atoms with E-state index in [-0.39, 0.29) is 5.75 Å². The summed E-state index contributed by atoms with van der Waals surface area (Å²) in [5.74, 6) is 2.15. The van der Waals surface area contributed by atoms with Crippen LogP contribution < -0.4 is 9.64 Å². The molecule has 0 saturated carbocycles. The Morgan fingerprint density at radius 3 is 2.37 bits per heavy atom. The first-order valence-electron chi connectivity index (χ1n) is 14.1. The van der Waals surface area contributed by atoms with Crippen molar-refractivity contribution in [3.63, 3.8) is 0 Å². The molecule has 0 amide bonds. The third-order valence-corrected chi connectivity index (χ3v) is 8.54. The number of aryl methyl sites for hydroxylation is 1. The van der Waals surface area contributed by atoms with Gasteiger partial charge in [-0.25, -0.2) is 0 Å². The van der Waals surface area contributed by atoms with E-state index in [4.69, 9.17) is 9.15 Å². The van der Waals surface area contributed by atoms with E-state index >= 15 is 0 Å². The van der Waals surface area contributed by atoms with Crippen LogP contribution in [0.3, 0.4) is 0 Å². The smallest absolute Gasteiger partial charge is 0.264 e. The molecule has 0 atom stereocenters. The Morgan fingerprint density at radius 2 is 1.63 bits per heavy atom. The van der Waals surface area contributed by atoms with Crippen molar-refractivity contribution in [3.05, 3.63) is 102 Å². The third-order valence-electron chi connectivity index (χ3n) is 7.73. The molecule has 5 aromatic rings. The van der Waals surface area contributed by atoms with Crippen LogP contribution in [0.5, 0.6) is 5.75 Å². The minimum absolute atomic E-state index is 0.247. The predicted molar refractivity (Wildman–Crippen MR) is 167 cm³/mol. The van der Waals surface area contributed by atoms with Crippen molar-refractivity contribution < 1.29 is 22.1 Å². The lowest BCUT2D eigenvalue weighted by Crippen LogP contribution is -2.19. The predicted octanol–water partition coefficient (Wildman–Crippen LogP) is 8.50. The Kier molecular flexibility index (Phi) is 7.32. The minimum atomic E-state index is -3.99. The molecular weight excluding hydrogens is 534 g/mol. The summed E-state index contributed by atoms with van der Waals surface area (Å²) >= 11 is 0. The first-order chi connectivity index (χ1) is 19.8. The SMILES string of the molecule is CCC(/C=C1\Oc2ccc3ccccc3c2N1CC)=C\c1oc2cc3ccccc3cc2c1CCCCS(=O)(=O)O. The summed E-state index contributed by atoms with van der Waals surface area (Å²) in [5, 5.41) is 5.58. The number of nitrogens with zero attached hydrogens (tertiary/aromatic N) is 1. The average Bonchev–Trinajstić information content (AvgIpc) is 3.49. The van der Waals surface area contributed by atoms with Crippen LogP contribution in [-0.4, -0.2) is 25.3 Å². The Morgan fingerprint density at radius 1 is 0.902 bits per heavy atom. The first-order valence-corrected chi connectivity index (χ1v) is 15.7. The van der Waals surface area contributed by atoms with Crippen molar-refractivity contribution in [2.45, 2.75) is 39.5 Å². The lowest BCUT2D eigenvalue weighted by molar-refractivity contribution is 0.439. The van der Waals surface area contributed by atoms with E-state index in [1.54, 1.807) is 0 Å². The lowest BCUT2D eigenvalue weighted by Gasteiger charge is -2.17.